The molecule has 1 heterocycles. The highest BCUT2D eigenvalue weighted by atomic mass is 32.2. The van der Waals surface area contributed by atoms with Gasteiger partial charge in [-0.05, 0) is 136 Å². The first-order chi connectivity index (χ1) is 22.1. The Bertz CT molecular complexity index is 1470. The second-order valence-corrected chi connectivity index (χ2v) is 15.2. The number of allylic oxidation sites excluding steroid dienone is 2. The Morgan fingerprint density at radius 1 is 0.830 bits per heavy atom. The lowest BCUT2D eigenvalue weighted by Crippen LogP contribution is -2.36. The zero-order chi connectivity index (χ0) is 34.2. The van der Waals surface area contributed by atoms with Gasteiger partial charge in [0.25, 0.3) is 0 Å². The van der Waals surface area contributed by atoms with E-state index in [1.165, 1.54) is 12.1 Å². The van der Waals surface area contributed by atoms with Crippen LogP contribution in [0.4, 0.5) is 30.7 Å². The summed E-state index contributed by atoms with van der Waals surface area (Å²) in [7, 11) is -3.72. The molecule has 1 aliphatic heterocycles. The standard InChI is InChI=1S/C35H44F7NO3S/c36-27-21-26(22-28(37)24-27)31-13-5-9-25-23-30(44)14-15-32(25)33(31)12-3-1-2-4-17-43-18-6-10-29(43)11-7-19-47(45,46)20-8-16-34(38,39)35(40,41)42/h14-15,21-24,29,44H,1-13,16-20H2. The molecule has 4 rings (SSSR count). The quantitative estimate of drug-likeness (QED) is 0.141. The minimum atomic E-state index is -5.68. The summed E-state index contributed by atoms with van der Waals surface area (Å²) in [6, 6.07) is 9.17. The van der Waals surface area contributed by atoms with Crippen LogP contribution < -0.4 is 0 Å². The lowest BCUT2D eigenvalue weighted by Gasteiger charge is -2.24. The number of hydrogen-bond donors (Lipinski definition) is 1. The van der Waals surface area contributed by atoms with Crippen molar-refractivity contribution in [1.82, 2.24) is 4.90 Å². The molecule has 1 N–H and O–H groups in total. The number of alkyl halides is 5. The van der Waals surface area contributed by atoms with Gasteiger partial charge in [0, 0.05) is 18.5 Å². The summed E-state index contributed by atoms with van der Waals surface area (Å²) >= 11 is 0. The minimum absolute atomic E-state index is 0.192. The van der Waals surface area contributed by atoms with Crippen LogP contribution in [-0.4, -0.2) is 61.2 Å². The van der Waals surface area contributed by atoms with Crippen molar-refractivity contribution in [3.8, 4) is 5.75 Å². The van der Waals surface area contributed by atoms with Crippen LogP contribution in [0, 0.1) is 11.6 Å². The lowest BCUT2D eigenvalue weighted by molar-refractivity contribution is -0.284. The Morgan fingerprint density at radius 3 is 2.26 bits per heavy atom. The summed E-state index contributed by atoms with van der Waals surface area (Å²) in [4.78, 5) is 2.35. The van der Waals surface area contributed by atoms with Gasteiger partial charge in [-0.15, -0.1) is 0 Å². The summed E-state index contributed by atoms with van der Waals surface area (Å²) in [5.74, 6) is -6.83. The van der Waals surface area contributed by atoms with Gasteiger partial charge >= 0.3 is 12.1 Å². The molecule has 0 radical (unpaired) electrons. The van der Waals surface area contributed by atoms with Crippen molar-refractivity contribution in [2.75, 3.05) is 24.6 Å². The summed E-state index contributed by atoms with van der Waals surface area (Å²) in [6.45, 7) is 1.77. The van der Waals surface area contributed by atoms with Crippen molar-refractivity contribution < 1.29 is 44.3 Å². The number of phenols is 1. The zero-order valence-corrected chi connectivity index (χ0v) is 27.4. The van der Waals surface area contributed by atoms with E-state index in [2.05, 4.69) is 4.90 Å². The number of fused-ring (bicyclic) bond motifs is 1. The molecule has 1 saturated heterocycles. The Labute approximate surface area is 273 Å². The molecule has 0 saturated carbocycles. The highest BCUT2D eigenvalue weighted by molar-refractivity contribution is 7.91. The third-order valence-electron chi connectivity index (χ3n) is 9.34. The third-order valence-corrected chi connectivity index (χ3v) is 11.2. The first-order valence-corrected chi connectivity index (χ1v) is 18.4. The molecule has 0 bridgehead atoms. The SMILES string of the molecule is O=S(=O)(CCCC1CCCN1CCCCCCC1=C(c2cc(F)cc(F)c2)CCCc2cc(O)ccc21)CCCC(F)(F)C(F)(F)F. The molecule has 4 nitrogen and oxygen atoms in total. The fourth-order valence-electron chi connectivity index (χ4n) is 6.97. The van der Waals surface area contributed by atoms with Crippen molar-refractivity contribution in [3.63, 3.8) is 0 Å². The molecular weight excluding hydrogens is 647 g/mol. The van der Waals surface area contributed by atoms with Gasteiger partial charge in [0.2, 0.25) is 0 Å². The smallest absolute Gasteiger partial charge is 0.453 e. The maximum atomic E-state index is 14.2. The number of unbranched alkanes of at least 4 members (excludes halogenated alkanes) is 3. The molecule has 0 spiro atoms. The maximum absolute atomic E-state index is 14.2. The molecule has 1 fully saturated rings. The molecule has 1 unspecified atom stereocenters. The van der Waals surface area contributed by atoms with E-state index < -0.39 is 52.2 Å². The molecule has 12 heteroatoms. The van der Waals surface area contributed by atoms with Gasteiger partial charge in [-0.25, -0.2) is 17.2 Å². The average Bonchev–Trinajstić information content (AvgIpc) is 3.33. The maximum Gasteiger partial charge on any atom is 0.453 e. The summed E-state index contributed by atoms with van der Waals surface area (Å²) in [6.07, 6.45) is 1.69. The van der Waals surface area contributed by atoms with Crippen molar-refractivity contribution in [2.24, 2.45) is 0 Å². The van der Waals surface area contributed by atoms with E-state index in [-0.39, 0.29) is 17.5 Å². The Kier molecular flexibility index (Phi) is 12.8. The molecule has 1 aliphatic carbocycles. The van der Waals surface area contributed by atoms with Crippen LogP contribution in [0.5, 0.6) is 5.75 Å². The van der Waals surface area contributed by atoms with E-state index in [0.29, 0.717) is 24.8 Å². The van der Waals surface area contributed by atoms with Crippen molar-refractivity contribution in [1.29, 1.82) is 0 Å². The lowest BCUT2D eigenvalue weighted by atomic mass is 9.89. The Morgan fingerprint density at radius 2 is 1.53 bits per heavy atom. The number of halogens is 7. The van der Waals surface area contributed by atoms with Crippen LogP contribution in [0.25, 0.3) is 11.1 Å². The highest BCUT2D eigenvalue weighted by Gasteiger charge is 2.56. The van der Waals surface area contributed by atoms with Crippen molar-refractivity contribution >= 4 is 21.0 Å². The first kappa shape index (κ1) is 37.2. The minimum Gasteiger partial charge on any atom is -0.508 e. The second-order valence-electron chi connectivity index (χ2n) is 12.9. The number of sulfone groups is 1. The molecular formula is C35H44F7NO3S. The number of aromatic hydroxyl groups is 1. The van der Waals surface area contributed by atoms with Crippen LogP contribution >= 0.6 is 0 Å². The van der Waals surface area contributed by atoms with Gasteiger partial charge in [0.1, 0.15) is 27.2 Å². The summed E-state index contributed by atoms with van der Waals surface area (Å²) in [5, 5.41) is 10.1. The van der Waals surface area contributed by atoms with Gasteiger partial charge in [-0.2, -0.15) is 22.0 Å². The number of likely N-dealkylation sites (tertiary alicyclic amines) is 1. The summed E-state index contributed by atoms with van der Waals surface area (Å²) in [5.41, 5.74) is 4.60. The predicted octanol–water partition coefficient (Wildman–Crippen LogP) is 9.51. The van der Waals surface area contributed by atoms with Crippen LogP contribution in [0.15, 0.2) is 36.4 Å². The number of aryl methyl sites for hydroxylation is 1. The van der Waals surface area contributed by atoms with Gasteiger partial charge < -0.3 is 10.0 Å². The molecule has 2 aromatic carbocycles. The van der Waals surface area contributed by atoms with Crippen LogP contribution in [-0.2, 0) is 16.3 Å². The number of phenolic OH excluding ortho intramolecular Hbond substituents is 1. The van der Waals surface area contributed by atoms with E-state index in [1.807, 2.05) is 6.07 Å². The first-order valence-electron chi connectivity index (χ1n) is 16.5. The van der Waals surface area contributed by atoms with Crippen LogP contribution in [0.3, 0.4) is 0 Å². The van der Waals surface area contributed by atoms with Gasteiger partial charge in [-0.1, -0.05) is 18.9 Å². The Hall–Kier alpha value is -2.60. The summed E-state index contributed by atoms with van der Waals surface area (Å²) < 4.78 is 116. The third kappa shape index (κ3) is 10.7. The Balaban J connectivity index is 1.24. The average molecular weight is 692 g/mol. The normalized spacial score (nSPS) is 18.1. The molecule has 47 heavy (non-hydrogen) atoms. The predicted molar refractivity (Wildman–Crippen MR) is 170 cm³/mol. The highest BCUT2D eigenvalue weighted by Crippen LogP contribution is 2.41. The van der Waals surface area contributed by atoms with Crippen molar-refractivity contribution in [3.05, 3.63) is 64.7 Å². The van der Waals surface area contributed by atoms with E-state index in [4.69, 9.17) is 0 Å². The van der Waals surface area contributed by atoms with E-state index in [1.54, 1.807) is 12.1 Å². The zero-order valence-electron chi connectivity index (χ0n) is 26.5. The van der Waals surface area contributed by atoms with Gasteiger partial charge in [0.05, 0.1) is 11.5 Å². The van der Waals surface area contributed by atoms with E-state index in [0.717, 1.165) is 99.2 Å². The molecule has 0 amide bonds. The topological polar surface area (TPSA) is 57.6 Å². The fourth-order valence-corrected chi connectivity index (χ4v) is 8.36. The number of rotatable bonds is 16. The van der Waals surface area contributed by atoms with Crippen LogP contribution in [0.2, 0.25) is 0 Å². The van der Waals surface area contributed by atoms with E-state index >= 15 is 0 Å². The number of hydrogen-bond acceptors (Lipinski definition) is 4. The largest absolute Gasteiger partial charge is 0.508 e. The van der Waals surface area contributed by atoms with Crippen LogP contribution in [0.1, 0.15) is 100 Å². The van der Waals surface area contributed by atoms with Gasteiger partial charge in [0.15, 0.2) is 0 Å². The molecule has 2 aromatic rings. The number of benzene rings is 2. The van der Waals surface area contributed by atoms with E-state index in [9.17, 15) is 44.3 Å². The monoisotopic (exact) mass is 691 g/mol. The molecule has 262 valence electrons. The molecule has 1 atom stereocenters. The van der Waals surface area contributed by atoms with Gasteiger partial charge in [-0.3, -0.25) is 0 Å². The molecule has 0 aromatic heterocycles. The second kappa shape index (κ2) is 16.2. The number of nitrogens with zero attached hydrogens (tertiary/aromatic N) is 1. The molecule has 2 aliphatic rings. The fraction of sp³-hybridized carbons (Fsp3) is 0.600. The van der Waals surface area contributed by atoms with Crippen molar-refractivity contribution in [2.45, 2.75) is 108 Å².